The Labute approximate surface area is 174 Å². The normalized spacial score (nSPS) is 24.3. The Bertz CT molecular complexity index is 1290. The summed E-state index contributed by atoms with van der Waals surface area (Å²) in [5, 5.41) is 13.8. The Kier molecular flexibility index (Phi) is 3.84. The summed E-state index contributed by atoms with van der Waals surface area (Å²) in [7, 11) is 0. The van der Waals surface area contributed by atoms with Crippen molar-refractivity contribution in [3.05, 3.63) is 67.6 Å². The SMILES string of the molecule is CC[C@@]1(O)C(=O)OCc2c1cc1n(c2=O)C/C(=C2\C(=O)Nc3c(Cl)cccc32)C1=O. The number of allylic oxidation sites excluding steroid dienone is 1. The third-order valence-electron chi connectivity index (χ3n) is 5.92. The van der Waals surface area contributed by atoms with Crippen LogP contribution < -0.4 is 10.9 Å². The lowest BCUT2D eigenvalue weighted by Gasteiger charge is -2.31. The summed E-state index contributed by atoms with van der Waals surface area (Å²) in [5.41, 5.74) is -1.08. The highest BCUT2D eigenvalue weighted by Crippen LogP contribution is 2.41. The molecule has 9 heteroatoms. The number of para-hydroxylation sites is 1. The van der Waals surface area contributed by atoms with Gasteiger partial charge in [-0.1, -0.05) is 30.7 Å². The molecule has 1 aromatic heterocycles. The number of hydrogen-bond acceptors (Lipinski definition) is 6. The van der Waals surface area contributed by atoms with Crippen LogP contribution in [0.1, 0.15) is 40.5 Å². The van der Waals surface area contributed by atoms with Gasteiger partial charge < -0.3 is 19.7 Å². The van der Waals surface area contributed by atoms with E-state index in [1.54, 1.807) is 25.1 Å². The number of carbonyl (C=O) groups is 3. The van der Waals surface area contributed by atoms with E-state index in [4.69, 9.17) is 16.3 Å². The van der Waals surface area contributed by atoms with Crippen molar-refractivity contribution in [1.82, 2.24) is 4.57 Å². The van der Waals surface area contributed by atoms with E-state index in [-0.39, 0.29) is 47.5 Å². The van der Waals surface area contributed by atoms with E-state index in [1.807, 2.05) is 0 Å². The molecule has 8 nitrogen and oxygen atoms in total. The number of rotatable bonds is 1. The number of ketones is 1. The number of nitrogens with zero attached hydrogens (tertiary/aromatic N) is 1. The highest BCUT2D eigenvalue weighted by atomic mass is 35.5. The molecule has 0 saturated heterocycles. The molecule has 3 aliphatic rings. The van der Waals surface area contributed by atoms with Gasteiger partial charge in [0, 0.05) is 16.7 Å². The number of ether oxygens (including phenoxy) is 1. The molecular weight excluding hydrogens is 412 g/mol. The first-order valence-electron chi connectivity index (χ1n) is 9.32. The fourth-order valence-electron chi connectivity index (χ4n) is 4.28. The van der Waals surface area contributed by atoms with Crippen LogP contribution >= 0.6 is 11.6 Å². The van der Waals surface area contributed by atoms with Gasteiger partial charge in [-0.2, -0.15) is 0 Å². The van der Waals surface area contributed by atoms with Gasteiger partial charge in [-0.05, 0) is 18.6 Å². The number of aliphatic hydroxyl groups is 1. The number of carbonyl (C=O) groups excluding carboxylic acids is 3. The second-order valence-corrected chi connectivity index (χ2v) is 7.81. The highest BCUT2D eigenvalue weighted by Gasteiger charge is 2.46. The van der Waals surface area contributed by atoms with Gasteiger partial charge >= 0.3 is 5.97 Å². The molecule has 0 fully saturated rings. The fraction of sp³-hybridized carbons (Fsp3) is 0.238. The molecule has 3 aliphatic heterocycles. The summed E-state index contributed by atoms with van der Waals surface area (Å²) < 4.78 is 6.25. The zero-order valence-corrected chi connectivity index (χ0v) is 16.5. The van der Waals surface area contributed by atoms with Crippen LogP contribution in [0.25, 0.3) is 5.57 Å². The van der Waals surface area contributed by atoms with Gasteiger partial charge in [0.2, 0.25) is 5.78 Å². The minimum absolute atomic E-state index is 0.0157. The fourth-order valence-corrected chi connectivity index (χ4v) is 4.50. The van der Waals surface area contributed by atoms with Crippen LogP contribution in [0.2, 0.25) is 5.02 Å². The summed E-state index contributed by atoms with van der Waals surface area (Å²) in [6.07, 6.45) is -0.0157. The number of aromatic nitrogens is 1. The van der Waals surface area contributed by atoms with E-state index in [0.717, 1.165) is 0 Å². The smallest absolute Gasteiger partial charge is 0.343 e. The zero-order chi connectivity index (χ0) is 21.4. The molecule has 1 aromatic carbocycles. The molecule has 152 valence electrons. The molecule has 1 atom stereocenters. The van der Waals surface area contributed by atoms with Gasteiger partial charge in [-0.25, -0.2) is 4.79 Å². The number of halogens is 1. The van der Waals surface area contributed by atoms with Crippen molar-refractivity contribution >= 4 is 40.5 Å². The van der Waals surface area contributed by atoms with Crippen LogP contribution in [0.4, 0.5) is 5.69 Å². The lowest BCUT2D eigenvalue weighted by molar-refractivity contribution is -0.172. The van der Waals surface area contributed by atoms with Crippen molar-refractivity contribution < 1.29 is 24.2 Å². The Morgan fingerprint density at radius 3 is 2.77 bits per heavy atom. The van der Waals surface area contributed by atoms with Crippen molar-refractivity contribution in [3.63, 3.8) is 0 Å². The minimum atomic E-state index is -2.00. The average Bonchev–Trinajstić information content (AvgIpc) is 3.23. The number of amides is 1. The number of benzene rings is 1. The van der Waals surface area contributed by atoms with Gasteiger partial charge in [0.05, 0.1) is 34.1 Å². The van der Waals surface area contributed by atoms with E-state index < -0.39 is 28.8 Å². The standard InChI is InChI=1S/C21H15ClN2O6/c1-2-21(29)12-6-14-17(25)10(7-24(14)19(27)11(12)8-30-20(21)28)15-9-4-3-5-13(22)16(9)23-18(15)26/h3-6,29H,2,7-8H2,1H3,(H,23,26)/b15-10+/t21-/m0/s1. The molecule has 0 bridgehead atoms. The van der Waals surface area contributed by atoms with E-state index >= 15 is 0 Å². The van der Waals surface area contributed by atoms with Crippen LogP contribution in [0, 0.1) is 0 Å². The Morgan fingerprint density at radius 1 is 1.27 bits per heavy atom. The number of fused-ring (bicyclic) bond motifs is 3. The van der Waals surface area contributed by atoms with Crippen molar-refractivity contribution in [2.45, 2.75) is 32.1 Å². The molecule has 4 heterocycles. The molecule has 0 unspecified atom stereocenters. The molecule has 1 amide bonds. The lowest BCUT2D eigenvalue weighted by Crippen LogP contribution is -2.44. The first kappa shape index (κ1) is 18.8. The summed E-state index contributed by atoms with van der Waals surface area (Å²) in [5.74, 6) is -1.84. The molecule has 5 rings (SSSR count). The van der Waals surface area contributed by atoms with E-state index in [1.165, 1.54) is 10.6 Å². The third-order valence-corrected chi connectivity index (χ3v) is 6.23. The van der Waals surface area contributed by atoms with Crippen molar-refractivity contribution in [1.29, 1.82) is 0 Å². The minimum Gasteiger partial charge on any atom is -0.458 e. The van der Waals surface area contributed by atoms with E-state index in [2.05, 4.69) is 5.32 Å². The first-order chi connectivity index (χ1) is 14.3. The van der Waals surface area contributed by atoms with Crippen LogP contribution in [0.5, 0.6) is 0 Å². The van der Waals surface area contributed by atoms with Gasteiger partial charge in [0.25, 0.3) is 11.5 Å². The van der Waals surface area contributed by atoms with Gasteiger partial charge in [0.15, 0.2) is 5.60 Å². The maximum absolute atomic E-state index is 13.2. The Hall–Kier alpha value is -3.23. The zero-order valence-electron chi connectivity index (χ0n) is 15.7. The second kappa shape index (κ2) is 6.13. The van der Waals surface area contributed by atoms with Gasteiger partial charge in [-0.15, -0.1) is 0 Å². The van der Waals surface area contributed by atoms with Crippen LogP contribution in [-0.2, 0) is 33.1 Å². The van der Waals surface area contributed by atoms with Crippen molar-refractivity contribution in [2.75, 3.05) is 5.32 Å². The summed E-state index contributed by atoms with van der Waals surface area (Å²) in [6, 6.07) is 6.33. The van der Waals surface area contributed by atoms with E-state index in [0.29, 0.717) is 16.3 Å². The number of pyridine rings is 1. The topological polar surface area (TPSA) is 115 Å². The predicted octanol–water partition coefficient (Wildman–Crippen LogP) is 1.76. The van der Waals surface area contributed by atoms with Gasteiger partial charge in [0.1, 0.15) is 6.61 Å². The lowest BCUT2D eigenvalue weighted by atomic mass is 9.86. The largest absolute Gasteiger partial charge is 0.458 e. The summed E-state index contributed by atoms with van der Waals surface area (Å²) in [4.78, 5) is 51.1. The molecule has 2 N–H and O–H groups in total. The predicted molar refractivity (Wildman–Crippen MR) is 106 cm³/mol. The highest BCUT2D eigenvalue weighted by molar-refractivity contribution is 6.41. The van der Waals surface area contributed by atoms with Crippen LogP contribution in [0.15, 0.2) is 34.6 Å². The average molecular weight is 427 g/mol. The van der Waals surface area contributed by atoms with Gasteiger partial charge in [-0.3, -0.25) is 14.4 Å². The van der Waals surface area contributed by atoms with Crippen molar-refractivity contribution in [2.24, 2.45) is 0 Å². The third kappa shape index (κ3) is 2.26. The summed E-state index contributed by atoms with van der Waals surface area (Å²) >= 11 is 6.15. The molecule has 0 radical (unpaired) electrons. The van der Waals surface area contributed by atoms with Crippen LogP contribution in [-0.4, -0.2) is 27.3 Å². The number of anilines is 1. The molecule has 0 saturated carbocycles. The second-order valence-electron chi connectivity index (χ2n) is 7.40. The Morgan fingerprint density at radius 2 is 2.03 bits per heavy atom. The number of cyclic esters (lactones) is 1. The quantitative estimate of drug-likeness (QED) is 0.530. The molecule has 2 aromatic rings. The summed E-state index contributed by atoms with van der Waals surface area (Å²) in [6.45, 7) is 1.20. The number of hydrogen-bond donors (Lipinski definition) is 2. The number of esters is 1. The number of nitrogens with one attached hydrogen (secondary N) is 1. The first-order valence-corrected chi connectivity index (χ1v) is 9.70. The van der Waals surface area contributed by atoms with E-state index in [9.17, 15) is 24.3 Å². The molecule has 30 heavy (non-hydrogen) atoms. The molecular formula is C21H15ClN2O6. The maximum atomic E-state index is 13.2. The maximum Gasteiger partial charge on any atom is 0.343 e. The number of Topliss-reactive ketones (excluding diaryl/α,β-unsaturated/α-hetero) is 1. The Balaban J connectivity index is 1.73. The van der Waals surface area contributed by atoms with Crippen LogP contribution in [0.3, 0.4) is 0 Å². The monoisotopic (exact) mass is 426 g/mol. The molecule has 0 aliphatic carbocycles. The molecule has 0 spiro atoms. The van der Waals surface area contributed by atoms with Crippen molar-refractivity contribution in [3.8, 4) is 0 Å².